The lowest BCUT2D eigenvalue weighted by Gasteiger charge is -2.07. The number of hydrogen-bond donors (Lipinski definition) is 2. The summed E-state index contributed by atoms with van der Waals surface area (Å²) in [5.74, 6) is 1.54. The van der Waals surface area contributed by atoms with Gasteiger partial charge in [-0.1, -0.05) is 30.3 Å². The number of aromatic nitrogens is 1. The van der Waals surface area contributed by atoms with Gasteiger partial charge >= 0.3 is 0 Å². The first-order chi connectivity index (χ1) is 14.5. The van der Waals surface area contributed by atoms with E-state index in [1.54, 1.807) is 24.3 Å². The number of nitrogens with zero attached hydrogens (tertiary/aromatic N) is 1. The molecule has 0 aliphatic carbocycles. The predicted octanol–water partition coefficient (Wildman–Crippen LogP) is 5.25. The van der Waals surface area contributed by atoms with Crippen LogP contribution in [0.3, 0.4) is 0 Å². The second kappa shape index (κ2) is 8.66. The van der Waals surface area contributed by atoms with E-state index < -0.39 is 10.0 Å². The second-order valence-electron chi connectivity index (χ2n) is 6.33. The van der Waals surface area contributed by atoms with E-state index in [0.29, 0.717) is 0 Å². The van der Waals surface area contributed by atoms with Crippen LogP contribution in [0.25, 0.3) is 11.3 Å². The van der Waals surface area contributed by atoms with Crippen molar-refractivity contribution in [3.05, 3.63) is 84.2 Å². The molecule has 8 heteroatoms. The molecule has 6 nitrogen and oxygen atoms in total. The van der Waals surface area contributed by atoms with Crippen molar-refractivity contribution in [1.29, 1.82) is 0 Å². The molecule has 0 bridgehead atoms. The number of ether oxygens (including phenoxy) is 1. The minimum Gasteiger partial charge on any atom is -0.457 e. The van der Waals surface area contributed by atoms with Gasteiger partial charge in [0.05, 0.1) is 10.6 Å². The maximum Gasteiger partial charge on any atom is 0.240 e. The van der Waals surface area contributed by atoms with Crippen molar-refractivity contribution in [1.82, 2.24) is 9.71 Å². The van der Waals surface area contributed by atoms with Crippen molar-refractivity contribution in [3.8, 4) is 22.8 Å². The summed E-state index contributed by atoms with van der Waals surface area (Å²) in [7, 11) is -2.06. The molecule has 1 heterocycles. The van der Waals surface area contributed by atoms with E-state index >= 15 is 0 Å². The molecule has 4 rings (SSSR count). The highest BCUT2D eigenvalue weighted by Gasteiger charge is 2.12. The van der Waals surface area contributed by atoms with Gasteiger partial charge in [0, 0.05) is 16.6 Å². The lowest BCUT2D eigenvalue weighted by atomic mass is 10.2. The minimum atomic E-state index is -3.45. The van der Waals surface area contributed by atoms with Crippen LogP contribution in [0.1, 0.15) is 0 Å². The van der Waals surface area contributed by atoms with E-state index in [4.69, 9.17) is 4.74 Å². The average Bonchev–Trinajstić information content (AvgIpc) is 3.24. The van der Waals surface area contributed by atoms with Gasteiger partial charge in [-0.2, -0.15) is 0 Å². The van der Waals surface area contributed by atoms with E-state index in [1.165, 1.54) is 18.4 Å². The number of hydrogen-bond acceptors (Lipinski definition) is 6. The Hall–Kier alpha value is -3.20. The van der Waals surface area contributed by atoms with Crippen molar-refractivity contribution < 1.29 is 13.2 Å². The topological polar surface area (TPSA) is 80.3 Å². The van der Waals surface area contributed by atoms with E-state index in [-0.39, 0.29) is 4.90 Å². The van der Waals surface area contributed by atoms with Gasteiger partial charge < -0.3 is 10.1 Å². The van der Waals surface area contributed by atoms with Crippen molar-refractivity contribution in [3.63, 3.8) is 0 Å². The second-order valence-corrected chi connectivity index (χ2v) is 9.08. The number of anilines is 2. The van der Waals surface area contributed by atoms with Gasteiger partial charge in [0.1, 0.15) is 11.5 Å². The quantitative estimate of drug-likeness (QED) is 0.413. The monoisotopic (exact) mass is 437 g/mol. The fraction of sp³-hybridized carbons (Fsp3) is 0.0455. The number of nitrogens with one attached hydrogen (secondary N) is 2. The van der Waals surface area contributed by atoms with Gasteiger partial charge in [0.2, 0.25) is 10.0 Å². The first-order valence-corrected chi connectivity index (χ1v) is 11.5. The van der Waals surface area contributed by atoms with Gasteiger partial charge in [-0.25, -0.2) is 18.1 Å². The zero-order chi connectivity index (χ0) is 21.0. The van der Waals surface area contributed by atoms with Crippen LogP contribution in [-0.4, -0.2) is 20.4 Å². The lowest BCUT2D eigenvalue weighted by molar-refractivity contribution is 0.483. The molecule has 4 aromatic rings. The molecule has 0 atom stereocenters. The third-order valence-electron chi connectivity index (χ3n) is 4.32. The molecule has 1 aromatic heterocycles. The highest BCUT2D eigenvalue weighted by atomic mass is 32.2. The SMILES string of the molecule is CNS(=O)(=O)c1ccc(-c2csc(Nc3ccc(Oc4ccccc4)cc3)n2)cc1. The summed E-state index contributed by atoms with van der Waals surface area (Å²) in [6.45, 7) is 0. The van der Waals surface area contributed by atoms with Crippen molar-refractivity contribution >= 4 is 32.2 Å². The van der Waals surface area contributed by atoms with Crippen LogP contribution in [-0.2, 0) is 10.0 Å². The van der Waals surface area contributed by atoms with Crippen LogP contribution in [0.15, 0.2) is 89.1 Å². The summed E-state index contributed by atoms with van der Waals surface area (Å²) in [5.41, 5.74) is 2.52. The zero-order valence-electron chi connectivity index (χ0n) is 16.1. The molecule has 0 spiro atoms. The fourth-order valence-corrected chi connectivity index (χ4v) is 4.21. The Morgan fingerprint density at radius 1 is 0.867 bits per heavy atom. The number of sulfonamides is 1. The molecule has 2 N–H and O–H groups in total. The number of para-hydroxylation sites is 1. The Balaban J connectivity index is 1.43. The maximum absolute atomic E-state index is 11.8. The summed E-state index contributed by atoms with van der Waals surface area (Å²) < 4.78 is 31.8. The smallest absolute Gasteiger partial charge is 0.240 e. The van der Waals surface area contributed by atoms with Crippen LogP contribution in [0.2, 0.25) is 0 Å². The zero-order valence-corrected chi connectivity index (χ0v) is 17.7. The molecular formula is C22H19N3O3S2. The van der Waals surface area contributed by atoms with E-state index in [1.807, 2.05) is 60.0 Å². The lowest BCUT2D eigenvalue weighted by Crippen LogP contribution is -2.18. The summed E-state index contributed by atoms with van der Waals surface area (Å²) in [4.78, 5) is 4.81. The van der Waals surface area contributed by atoms with Crippen molar-refractivity contribution in [2.75, 3.05) is 12.4 Å². The Bertz CT molecular complexity index is 1220. The summed E-state index contributed by atoms with van der Waals surface area (Å²) in [6.07, 6.45) is 0. The Kier molecular flexibility index (Phi) is 5.80. The third-order valence-corrected chi connectivity index (χ3v) is 6.51. The molecule has 0 saturated carbocycles. The van der Waals surface area contributed by atoms with E-state index in [0.717, 1.165) is 33.6 Å². The number of thiazole rings is 1. The third kappa shape index (κ3) is 4.68. The normalized spacial score (nSPS) is 11.2. The highest BCUT2D eigenvalue weighted by Crippen LogP contribution is 2.29. The van der Waals surface area contributed by atoms with Crippen LogP contribution in [0.4, 0.5) is 10.8 Å². The molecule has 152 valence electrons. The molecule has 0 fully saturated rings. The molecule has 3 aromatic carbocycles. The average molecular weight is 438 g/mol. The molecule has 0 radical (unpaired) electrons. The summed E-state index contributed by atoms with van der Waals surface area (Å²) in [5, 5.41) is 5.95. The maximum atomic E-state index is 11.8. The van der Waals surface area contributed by atoms with Crippen LogP contribution in [0.5, 0.6) is 11.5 Å². The Labute approximate surface area is 179 Å². The summed E-state index contributed by atoms with van der Waals surface area (Å²) >= 11 is 1.48. The fourth-order valence-electron chi connectivity index (χ4n) is 2.74. The molecule has 0 aliphatic heterocycles. The standard InChI is InChI=1S/C22H19N3O3S2/c1-23-30(26,27)20-13-7-16(8-14-20)21-15-29-22(25-21)24-17-9-11-19(12-10-17)28-18-5-3-2-4-6-18/h2-15,23H,1H3,(H,24,25). The van der Waals surface area contributed by atoms with Gasteiger partial charge in [-0.3, -0.25) is 0 Å². The summed E-state index contributed by atoms with van der Waals surface area (Å²) in [6, 6.07) is 23.9. The van der Waals surface area contributed by atoms with E-state index in [9.17, 15) is 8.42 Å². The van der Waals surface area contributed by atoms with E-state index in [2.05, 4.69) is 15.0 Å². The van der Waals surface area contributed by atoms with Crippen LogP contribution in [0, 0.1) is 0 Å². The highest BCUT2D eigenvalue weighted by molar-refractivity contribution is 7.89. The van der Waals surface area contributed by atoms with Crippen LogP contribution >= 0.6 is 11.3 Å². The molecule has 0 saturated heterocycles. The first kappa shape index (κ1) is 20.1. The molecule has 0 aliphatic rings. The van der Waals surface area contributed by atoms with Gasteiger partial charge in [0.25, 0.3) is 0 Å². The van der Waals surface area contributed by atoms with Crippen molar-refractivity contribution in [2.24, 2.45) is 0 Å². The van der Waals surface area contributed by atoms with Gasteiger partial charge in [-0.05, 0) is 55.6 Å². The number of benzene rings is 3. The van der Waals surface area contributed by atoms with Gasteiger partial charge in [0.15, 0.2) is 5.13 Å². The molecule has 30 heavy (non-hydrogen) atoms. The first-order valence-electron chi connectivity index (χ1n) is 9.13. The minimum absolute atomic E-state index is 0.222. The van der Waals surface area contributed by atoms with Crippen molar-refractivity contribution in [2.45, 2.75) is 4.90 Å². The molecular weight excluding hydrogens is 418 g/mol. The Morgan fingerprint density at radius 3 is 2.20 bits per heavy atom. The predicted molar refractivity (Wildman–Crippen MR) is 120 cm³/mol. The van der Waals surface area contributed by atoms with Gasteiger partial charge in [-0.15, -0.1) is 11.3 Å². The Morgan fingerprint density at radius 2 is 1.53 bits per heavy atom. The number of rotatable bonds is 7. The molecule has 0 unspecified atom stereocenters. The largest absolute Gasteiger partial charge is 0.457 e. The van der Waals surface area contributed by atoms with Crippen LogP contribution < -0.4 is 14.8 Å². The molecule has 0 amide bonds.